The van der Waals surface area contributed by atoms with Crippen LogP contribution in [0.15, 0.2) is 18.2 Å². The zero-order chi connectivity index (χ0) is 11.7. The van der Waals surface area contributed by atoms with Crippen molar-refractivity contribution >= 4 is 11.6 Å². The topological polar surface area (TPSA) is 55.6 Å². The van der Waals surface area contributed by atoms with Gasteiger partial charge in [0.15, 0.2) is 0 Å². The number of benzene rings is 1. The molecule has 0 spiro atoms. The number of nitrogen functional groups attached to an aromatic ring is 1. The first kappa shape index (κ1) is 10.8. The van der Waals surface area contributed by atoms with Gasteiger partial charge in [0.25, 0.3) is 5.91 Å². The largest absolute Gasteiger partial charge is 0.488 e. The van der Waals surface area contributed by atoms with E-state index >= 15 is 0 Å². The van der Waals surface area contributed by atoms with Crippen molar-refractivity contribution in [2.45, 2.75) is 18.9 Å². The molecule has 16 heavy (non-hydrogen) atoms. The highest BCUT2D eigenvalue weighted by Crippen LogP contribution is 2.31. The van der Waals surface area contributed by atoms with E-state index in [1.54, 1.807) is 32.3 Å². The number of ether oxygens (including phenoxy) is 1. The van der Waals surface area contributed by atoms with Gasteiger partial charge in [-0.25, -0.2) is 0 Å². The molecule has 1 amide bonds. The molecule has 86 valence electrons. The van der Waals surface area contributed by atoms with Crippen LogP contribution in [0, 0.1) is 0 Å². The Morgan fingerprint density at radius 3 is 2.62 bits per heavy atom. The van der Waals surface area contributed by atoms with Gasteiger partial charge >= 0.3 is 0 Å². The zero-order valence-electron chi connectivity index (χ0n) is 9.56. The van der Waals surface area contributed by atoms with Crippen LogP contribution < -0.4 is 10.5 Å². The van der Waals surface area contributed by atoms with Crippen molar-refractivity contribution in [1.29, 1.82) is 0 Å². The number of amides is 1. The molecule has 1 aromatic rings. The number of carbonyl (C=O) groups excluding carboxylic acids is 1. The normalized spacial score (nSPS) is 14.6. The average molecular weight is 220 g/mol. The molecule has 4 heteroatoms. The van der Waals surface area contributed by atoms with Crippen LogP contribution in [0.4, 0.5) is 5.69 Å². The maximum Gasteiger partial charge on any atom is 0.253 e. The summed E-state index contributed by atoms with van der Waals surface area (Å²) in [5.74, 6) is 0.627. The third-order valence-electron chi connectivity index (χ3n) is 2.48. The second-order valence-corrected chi connectivity index (χ2v) is 4.27. The second kappa shape index (κ2) is 4.04. The van der Waals surface area contributed by atoms with Crippen LogP contribution in [0.5, 0.6) is 5.75 Å². The van der Waals surface area contributed by atoms with Crippen molar-refractivity contribution in [1.82, 2.24) is 4.90 Å². The fraction of sp³-hybridized carbons (Fsp3) is 0.417. The number of hydrogen-bond donors (Lipinski definition) is 1. The van der Waals surface area contributed by atoms with Crippen LogP contribution in [0.3, 0.4) is 0 Å². The summed E-state index contributed by atoms with van der Waals surface area (Å²) in [5.41, 5.74) is 6.96. The third kappa shape index (κ3) is 2.27. The SMILES string of the molecule is CN(C)C(=O)c1ccc(OC2CC2)c(N)c1. The summed E-state index contributed by atoms with van der Waals surface area (Å²) in [4.78, 5) is 13.2. The number of nitrogens with two attached hydrogens (primary N) is 1. The monoisotopic (exact) mass is 220 g/mol. The van der Waals surface area contributed by atoms with E-state index in [2.05, 4.69) is 0 Å². The van der Waals surface area contributed by atoms with Crippen LogP contribution in [-0.4, -0.2) is 31.0 Å². The summed E-state index contributed by atoms with van der Waals surface area (Å²) in [6.07, 6.45) is 2.51. The van der Waals surface area contributed by atoms with Gasteiger partial charge in [0, 0.05) is 19.7 Å². The van der Waals surface area contributed by atoms with Crippen LogP contribution in [0.2, 0.25) is 0 Å². The fourth-order valence-electron chi connectivity index (χ4n) is 1.41. The molecular weight excluding hydrogens is 204 g/mol. The van der Waals surface area contributed by atoms with E-state index in [4.69, 9.17) is 10.5 Å². The van der Waals surface area contributed by atoms with Gasteiger partial charge < -0.3 is 15.4 Å². The van der Waals surface area contributed by atoms with E-state index in [0.717, 1.165) is 12.8 Å². The van der Waals surface area contributed by atoms with Gasteiger partial charge in [0.1, 0.15) is 5.75 Å². The molecule has 0 saturated heterocycles. The van der Waals surface area contributed by atoms with Crippen LogP contribution in [0.25, 0.3) is 0 Å². The summed E-state index contributed by atoms with van der Waals surface area (Å²) < 4.78 is 5.60. The zero-order valence-corrected chi connectivity index (χ0v) is 9.56. The first-order chi connectivity index (χ1) is 7.58. The van der Waals surface area contributed by atoms with E-state index in [9.17, 15) is 4.79 Å². The van der Waals surface area contributed by atoms with Crippen molar-refractivity contribution in [3.8, 4) is 5.75 Å². The lowest BCUT2D eigenvalue weighted by atomic mass is 10.1. The van der Waals surface area contributed by atoms with Gasteiger partial charge in [0.05, 0.1) is 11.8 Å². The Balaban J connectivity index is 2.17. The lowest BCUT2D eigenvalue weighted by molar-refractivity contribution is 0.0827. The minimum atomic E-state index is -0.0512. The van der Waals surface area contributed by atoms with Gasteiger partial charge in [-0.2, -0.15) is 0 Å². The first-order valence-corrected chi connectivity index (χ1v) is 5.36. The second-order valence-electron chi connectivity index (χ2n) is 4.27. The Morgan fingerprint density at radius 2 is 2.12 bits per heavy atom. The van der Waals surface area contributed by atoms with E-state index < -0.39 is 0 Å². The molecule has 0 aliphatic heterocycles. The molecule has 1 aliphatic rings. The predicted molar refractivity (Wildman–Crippen MR) is 62.5 cm³/mol. The first-order valence-electron chi connectivity index (χ1n) is 5.36. The quantitative estimate of drug-likeness (QED) is 0.785. The van der Waals surface area contributed by atoms with Crippen molar-refractivity contribution < 1.29 is 9.53 Å². The fourth-order valence-corrected chi connectivity index (χ4v) is 1.41. The highest BCUT2D eigenvalue weighted by molar-refractivity contribution is 5.95. The predicted octanol–water partition coefficient (Wildman–Crippen LogP) is 1.51. The van der Waals surface area contributed by atoms with E-state index in [-0.39, 0.29) is 5.91 Å². The maximum absolute atomic E-state index is 11.7. The van der Waals surface area contributed by atoms with Crippen molar-refractivity contribution in [3.05, 3.63) is 23.8 Å². The van der Waals surface area contributed by atoms with Gasteiger partial charge in [-0.1, -0.05) is 0 Å². The molecule has 0 atom stereocenters. The van der Waals surface area contributed by atoms with Crippen LogP contribution in [-0.2, 0) is 0 Å². The van der Waals surface area contributed by atoms with Gasteiger partial charge in [-0.05, 0) is 31.0 Å². The van der Waals surface area contributed by atoms with E-state index in [1.807, 2.05) is 0 Å². The molecule has 0 unspecified atom stereocenters. The summed E-state index contributed by atoms with van der Waals surface area (Å²) >= 11 is 0. The summed E-state index contributed by atoms with van der Waals surface area (Å²) in [6.45, 7) is 0. The molecule has 2 rings (SSSR count). The Labute approximate surface area is 95.0 Å². The Hall–Kier alpha value is -1.71. The number of hydrogen-bond acceptors (Lipinski definition) is 3. The number of anilines is 1. The molecule has 4 nitrogen and oxygen atoms in total. The van der Waals surface area contributed by atoms with Crippen LogP contribution in [0.1, 0.15) is 23.2 Å². The van der Waals surface area contributed by atoms with Crippen molar-refractivity contribution in [2.75, 3.05) is 19.8 Å². The molecule has 2 N–H and O–H groups in total. The van der Waals surface area contributed by atoms with Crippen molar-refractivity contribution in [2.24, 2.45) is 0 Å². The Bertz CT molecular complexity index is 411. The molecule has 0 aromatic heterocycles. The molecule has 1 fully saturated rings. The molecule has 1 saturated carbocycles. The molecule has 0 radical (unpaired) electrons. The molecule has 1 aromatic carbocycles. The lowest BCUT2D eigenvalue weighted by Crippen LogP contribution is -2.21. The Kier molecular flexibility index (Phi) is 2.73. The number of carbonyl (C=O) groups is 1. The van der Waals surface area contributed by atoms with Gasteiger partial charge in [-0.3, -0.25) is 4.79 Å². The summed E-state index contributed by atoms with van der Waals surface area (Å²) in [7, 11) is 3.43. The Morgan fingerprint density at radius 1 is 1.44 bits per heavy atom. The number of rotatable bonds is 3. The molecule has 0 heterocycles. The maximum atomic E-state index is 11.7. The average Bonchev–Trinajstić information content (AvgIpc) is 3.03. The van der Waals surface area contributed by atoms with E-state index in [1.165, 1.54) is 4.90 Å². The highest BCUT2D eigenvalue weighted by atomic mass is 16.5. The minimum Gasteiger partial charge on any atom is -0.488 e. The lowest BCUT2D eigenvalue weighted by Gasteiger charge is -2.12. The van der Waals surface area contributed by atoms with Crippen LogP contribution >= 0.6 is 0 Å². The summed E-state index contributed by atoms with van der Waals surface area (Å²) in [6, 6.07) is 5.18. The minimum absolute atomic E-state index is 0.0512. The standard InChI is InChI=1S/C12H16N2O2/c1-14(2)12(15)8-3-6-11(10(13)7-8)16-9-4-5-9/h3,6-7,9H,4-5,13H2,1-2H3. The molecular formula is C12H16N2O2. The number of nitrogens with zero attached hydrogens (tertiary/aromatic N) is 1. The third-order valence-corrected chi connectivity index (χ3v) is 2.48. The highest BCUT2D eigenvalue weighted by Gasteiger charge is 2.24. The van der Waals surface area contributed by atoms with Crippen molar-refractivity contribution in [3.63, 3.8) is 0 Å². The summed E-state index contributed by atoms with van der Waals surface area (Å²) in [5, 5.41) is 0. The molecule has 1 aliphatic carbocycles. The van der Waals surface area contributed by atoms with E-state index in [0.29, 0.717) is 23.1 Å². The molecule has 0 bridgehead atoms. The van der Waals surface area contributed by atoms with Gasteiger partial charge in [0.2, 0.25) is 0 Å². The van der Waals surface area contributed by atoms with Gasteiger partial charge in [-0.15, -0.1) is 0 Å². The smallest absolute Gasteiger partial charge is 0.253 e.